The molecule has 0 aliphatic carbocycles. The molecule has 0 fully saturated rings. The number of nitrogens with one attached hydrogen (secondary N) is 1. The van der Waals surface area contributed by atoms with Gasteiger partial charge in [-0.3, -0.25) is 4.79 Å². The van der Waals surface area contributed by atoms with Crippen LogP contribution in [0.15, 0.2) is 54.6 Å². The normalized spacial score (nSPS) is 12.2. The Balaban J connectivity index is 1.37. The minimum absolute atomic E-state index is 0.0800. The number of imidazole rings is 1. The summed E-state index contributed by atoms with van der Waals surface area (Å²) in [4.78, 5) is 17.6. The predicted molar refractivity (Wildman–Crippen MR) is 161 cm³/mol. The summed E-state index contributed by atoms with van der Waals surface area (Å²) >= 11 is 0. The standard InChI is InChI=1S/C34H51N3O/c1-3-4-5-6-7-8-9-10-11-12-13-14-15-21-28-37-32-25-20-19-24-31(32)36-34(37)29(2)35-33(38)27-26-30-22-17-16-18-23-30/h16-20,22-25,29H,3-15,21,26-28H2,1-2H3,(H,35,38). The smallest absolute Gasteiger partial charge is 0.220 e. The Morgan fingerprint density at radius 1 is 0.763 bits per heavy atom. The Bertz CT molecular complexity index is 1040. The number of nitrogens with zero attached hydrogens (tertiary/aromatic N) is 2. The fourth-order valence-corrected chi connectivity index (χ4v) is 5.40. The first-order valence-electron chi connectivity index (χ1n) is 15.5. The highest BCUT2D eigenvalue weighted by molar-refractivity contribution is 5.78. The van der Waals surface area contributed by atoms with E-state index in [4.69, 9.17) is 4.98 Å². The maximum atomic E-state index is 12.7. The van der Waals surface area contributed by atoms with Crippen LogP contribution in [-0.4, -0.2) is 15.5 Å². The van der Waals surface area contributed by atoms with E-state index in [1.54, 1.807) is 0 Å². The fraction of sp³-hybridized carbons (Fsp3) is 0.588. The molecule has 3 rings (SSSR count). The third-order valence-electron chi connectivity index (χ3n) is 7.67. The van der Waals surface area contributed by atoms with E-state index in [1.165, 1.54) is 94.6 Å². The number of aromatic nitrogens is 2. The second kappa shape index (κ2) is 17.8. The Kier molecular flexibility index (Phi) is 14.0. The van der Waals surface area contributed by atoms with Crippen LogP contribution in [0.1, 0.15) is 128 Å². The van der Waals surface area contributed by atoms with Crippen molar-refractivity contribution < 1.29 is 4.79 Å². The number of carbonyl (C=O) groups excluding carboxylic acids is 1. The summed E-state index contributed by atoms with van der Waals surface area (Å²) in [6.07, 6.45) is 20.4. The van der Waals surface area contributed by atoms with Crippen LogP contribution < -0.4 is 5.32 Å². The predicted octanol–water partition coefficient (Wildman–Crippen LogP) is 9.33. The zero-order valence-corrected chi connectivity index (χ0v) is 24.1. The third kappa shape index (κ3) is 10.6. The van der Waals surface area contributed by atoms with Crippen molar-refractivity contribution in [3.05, 3.63) is 66.0 Å². The highest BCUT2D eigenvalue weighted by Gasteiger charge is 2.18. The van der Waals surface area contributed by atoms with Crippen LogP contribution in [-0.2, 0) is 17.8 Å². The fourth-order valence-electron chi connectivity index (χ4n) is 5.40. The number of aryl methyl sites for hydroxylation is 2. The van der Waals surface area contributed by atoms with Crippen LogP contribution in [0.2, 0.25) is 0 Å². The van der Waals surface area contributed by atoms with Gasteiger partial charge in [0.15, 0.2) is 0 Å². The number of para-hydroxylation sites is 2. The summed E-state index contributed by atoms with van der Waals surface area (Å²) in [5.41, 5.74) is 3.38. The first-order chi connectivity index (χ1) is 18.7. The minimum Gasteiger partial charge on any atom is -0.346 e. The second-order valence-electron chi connectivity index (χ2n) is 11.0. The summed E-state index contributed by atoms with van der Waals surface area (Å²) in [7, 11) is 0. The van der Waals surface area contributed by atoms with Crippen molar-refractivity contribution in [1.82, 2.24) is 14.9 Å². The number of hydrogen-bond acceptors (Lipinski definition) is 2. The van der Waals surface area contributed by atoms with Gasteiger partial charge in [-0.1, -0.05) is 133 Å². The summed E-state index contributed by atoms with van der Waals surface area (Å²) in [5.74, 6) is 1.05. The molecule has 1 amide bonds. The number of hydrogen-bond donors (Lipinski definition) is 1. The number of amides is 1. The molecular weight excluding hydrogens is 466 g/mol. The van der Waals surface area contributed by atoms with Gasteiger partial charge in [-0.25, -0.2) is 4.98 Å². The van der Waals surface area contributed by atoms with Gasteiger partial charge in [-0.2, -0.15) is 0 Å². The molecule has 1 atom stereocenters. The molecule has 0 bridgehead atoms. The van der Waals surface area contributed by atoms with Crippen molar-refractivity contribution in [3.8, 4) is 0 Å². The lowest BCUT2D eigenvalue weighted by Crippen LogP contribution is -2.29. The molecule has 1 unspecified atom stereocenters. The molecule has 0 aliphatic heterocycles. The minimum atomic E-state index is -0.114. The molecule has 0 aliphatic rings. The maximum absolute atomic E-state index is 12.7. The molecular formula is C34H51N3O. The van der Waals surface area contributed by atoms with Gasteiger partial charge < -0.3 is 9.88 Å². The topological polar surface area (TPSA) is 46.9 Å². The quantitative estimate of drug-likeness (QED) is 0.152. The first kappa shape index (κ1) is 29.9. The number of unbranched alkanes of at least 4 members (excludes halogenated alkanes) is 13. The largest absolute Gasteiger partial charge is 0.346 e. The molecule has 4 nitrogen and oxygen atoms in total. The molecule has 3 aromatic rings. The Morgan fingerprint density at radius 3 is 1.95 bits per heavy atom. The first-order valence-corrected chi connectivity index (χ1v) is 15.5. The lowest BCUT2D eigenvalue weighted by atomic mass is 10.0. The van der Waals surface area contributed by atoms with Crippen molar-refractivity contribution in [3.63, 3.8) is 0 Å². The Labute approximate surface area is 231 Å². The van der Waals surface area contributed by atoms with Crippen LogP contribution in [0.4, 0.5) is 0 Å². The zero-order chi connectivity index (χ0) is 26.8. The van der Waals surface area contributed by atoms with Gasteiger partial charge in [-0.15, -0.1) is 0 Å². The van der Waals surface area contributed by atoms with E-state index in [1.807, 2.05) is 24.3 Å². The van der Waals surface area contributed by atoms with E-state index in [2.05, 4.69) is 54.1 Å². The lowest BCUT2D eigenvalue weighted by Gasteiger charge is -2.16. The monoisotopic (exact) mass is 517 g/mol. The summed E-state index contributed by atoms with van der Waals surface area (Å²) in [6.45, 7) is 5.30. The Morgan fingerprint density at radius 2 is 1.32 bits per heavy atom. The molecule has 0 radical (unpaired) electrons. The van der Waals surface area contributed by atoms with Gasteiger partial charge in [0.1, 0.15) is 5.82 Å². The van der Waals surface area contributed by atoms with Gasteiger partial charge >= 0.3 is 0 Å². The number of rotatable bonds is 20. The molecule has 1 aromatic heterocycles. The summed E-state index contributed by atoms with van der Waals surface area (Å²) in [5, 5.41) is 3.20. The van der Waals surface area contributed by atoms with Crippen molar-refractivity contribution >= 4 is 16.9 Å². The summed E-state index contributed by atoms with van der Waals surface area (Å²) < 4.78 is 2.33. The van der Waals surface area contributed by atoms with Gasteiger partial charge in [0.2, 0.25) is 5.91 Å². The number of carbonyl (C=O) groups is 1. The van der Waals surface area contributed by atoms with Crippen molar-refractivity contribution in [2.75, 3.05) is 0 Å². The highest BCUT2D eigenvalue weighted by Crippen LogP contribution is 2.22. The van der Waals surface area contributed by atoms with E-state index in [9.17, 15) is 4.79 Å². The molecule has 208 valence electrons. The average Bonchev–Trinajstić information content (AvgIpc) is 3.31. The molecule has 0 spiro atoms. The van der Waals surface area contributed by atoms with Gasteiger partial charge in [0.05, 0.1) is 17.1 Å². The van der Waals surface area contributed by atoms with Crippen LogP contribution in [0.25, 0.3) is 11.0 Å². The maximum Gasteiger partial charge on any atom is 0.220 e. The molecule has 2 aromatic carbocycles. The molecule has 0 saturated heterocycles. The van der Waals surface area contributed by atoms with E-state index in [0.29, 0.717) is 6.42 Å². The molecule has 0 saturated carbocycles. The average molecular weight is 518 g/mol. The van der Waals surface area contributed by atoms with E-state index >= 15 is 0 Å². The lowest BCUT2D eigenvalue weighted by molar-refractivity contribution is -0.121. The summed E-state index contributed by atoms with van der Waals surface area (Å²) in [6, 6.07) is 18.4. The molecule has 1 heterocycles. The van der Waals surface area contributed by atoms with Crippen LogP contribution in [0.5, 0.6) is 0 Å². The van der Waals surface area contributed by atoms with Crippen LogP contribution in [0, 0.1) is 0 Å². The third-order valence-corrected chi connectivity index (χ3v) is 7.67. The van der Waals surface area contributed by atoms with Crippen LogP contribution in [0.3, 0.4) is 0 Å². The molecule has 38 heavy (non-hydrogen) atoms. The zero-order valence-electron chi connectivity index (χ0n) is 24.1. The van der Waals surface area contributed by atoms with Gasteiger partial charge in [0, 0.05) is 13.0 Å². The van der Waals surface area contributed by atoms with Gasteiger partial charge in [-0.05, 0) is 37.5 Å². The van der Waals surface area contributed by atoms with Crippen molar-refractivity contribution in [2.24, 2.45) is 0 Å². The van der Waals surface area contributed by atoms with Crippen molar-refractivity contribution in [1.29, 1.82) is 0 Å². The van der Waals surface area contributed by atoms with Crippen molar-refractivity contribution in [2.45, 2.75) is 129 Å². The van der Waals surface area contributed by atoms with Crippen LogP contribution >= 0.6 is 0 Å². The van der Waals surface area contributed by atoms with E-state index in [0.717, 1.165) is 30.7 Å². The Hall–Kier alpha value is -2.62. The van der Waals surface area contributed by atoms with Gasteiger partial charge in [0.25, 0.3) is 0 Å². The molecule has 1 N–H and O–H groups in total. The number of benzene rings is 2. The highest BCUT2D eigenvalue weighted by atomic mass is 16.1. The second-order valence-corrected chi connectivity index (χ2v) is 11.0. The van der Waals surface area contributed by atoms with E-state index < -0.39 is 0 Å². The van der Waals surface area contributed by atoms with E-state index in [-0.39, 0.29) is 11.9 Å². The molecule has 4 heteroatoms. The number of fused-ring (bicyclic) bond motifs is 1. The SMILES string of the molecule is CCCCCCCCCCCCCCCCn1c(C(C)NC(=O)CCc2ccccc2)nc2ccccc21.